The minimum Gasteiger partial charge on any atom is -0.384 e. The molecule has 0 radical (unpaired) electrons. The molecule has 0 aliphatic rings. The fourth-order valence-corrected chi connectivity index (χ4v) is 3.35. The molecule has 2 aromatic heterocycles. The van der Waals surface area contributed by atoms with Crippen LogP contribution in [0.25, 0.3) is 10.9 Å². The normalized spacial score (nSPS) is 11.0. The van der Waals surface area contributed by atoms with Crippen LogP contribution in [0, 0.1) is 6.92 Å². The summed E-state index contributed by atoms with van der Waals surface area (Å²) in [6.45, 7) is 6.02. The first-order valence-corrected chi connectivity index (χ1v) is 10.4. The predicted molar refractivity (Wildman–Crippen MR) is 118 cm³/mol. The van der Waals surface area contributed by atoms with Crippen molar-refractivity contribution < 1.29 is 0 Å². The zero-order valence-corrected chi connectivity index (χ0v) is 17.4. The van der Waals surface area contributed by atoms with Gasteiger partial charge in [0, 0.05) is 46.8 Å². The highest BCUT2D eigenvalue weighted by molar-refractivity contribution is 6.31. The van der Waals surface area contributed by atoms with Crippen molar-refractivity contribution in [3.63, 3.8) is 0 Å². The molecule has 3 rings (SSSR count). The third-order valence-electron chi connectivity index (χ3n) is 4.60. The van der Waals surface area contributed by atoms with Crippen molar-refractivity contribution in [2.45, 2.75) is 46.0 Å². The Morgan fingerprint density at radius 3 is 2.68 bits per heavy atom. The van der Waals surface area contributed by atoms with Crippen LogP contribution < -0.4 is 10.6 Å². The molecule has 0 bridgehead atoms. The van der Waals surface area contributed by atoms with Crippen LogP contribution in [0.1, 0.15) is 44.0 Å². The average molecular weight is 398 g/mol. The van der Waals surface area contributed by atoms with Crippen LogP contribution in [-0.4, -0.2) is 28.0 Å². The first-order valence-electron chi connectivity index (χ1n) is 10.0. The van der Waals surface area contributed by atoms with Crippen molar-refractivity contribution in [2.24, 2.45) is 0 Å². The van der Waals surface area contributed by atoms with E-state index in [-0.39, 0.29) is 0 Å². The van der Waals surface area contributed by atoms with Gasteiger partial charge in [-0.2, -0.15) is 0 Å². The number of aryl methyl sites for hydroxylation is 2. The number of nitrogens with zero attached hydrogens (tertiary/aromatic N) is 3. The van der Waals surface area contributed by atoms with E-state index in [4.69, 9.17) is 11.6 Å². The SMILES string of the molecule is CCCCCNc1nc(C)cc(CCCNc2ccnc3cc(Cl)ccc23)n1. The Bertz CT molecular complexity index is 913. The number of halogens is 1. The number of fused-ring (bicyclic) bond motifs is 1. The maximum absolute atomic E-state index is 6.06. The molecule has 0 unspecified atom stereocenters. The highest BCUT2D eigenvalue weighted by atomic mass is 35.5. The summed E-state index contributed by atoms with van der Waals surface area (Å²) in [5.74, 6) is 0.746. The molecule has 2 N–H and O–H groups in total. The molecule has 0 aliphatic heterocycles. The molecule has 0 spiro atoms. The molecule has 28 heavy (non-hydrogen) atoms. The van der Waals surface area contributed by atoms with E-state index in [9.17, 15) is 0 Å². The number of nitrogens with one attached hydrogen (secondary N) is 2. The molecule has 5 nitrogen and oxygen atoms in total. The van der Waals surface area contributed by atoms with E-state index in [1.807, 2.05) is 37.4 Å². The minimum absolute atomic E-state index is 0.704. The molecule has 6 heteroatoms. The van der Waals surface area contributed by atoms with E-state index in [0.29, 0.717) is 5.02 Å². The van der Waals surface area contributed by atoms with E-state index in [2.05, 4.69) is 38.6 Å². The summed E-state index contributed by atoms with van der Waals surface area (Å²) in [7, 11) is 0. The molecule has 0 amide bonds. The lowest BCUT2D eigenvalue weighted by molar-refractivity contribution is 0.738. The lowest BCUT2D eigenvalue weighted by Crippen LogP contribution is -2.09. The summed E-state index contributed by atoms with van der Waals surface area (Å²) < 4.78 is 0. The van der Waals surface area contributed by atoms with Gasteiger partial charge in [-0.1, -0.05) is 31.4 Å². The lowest BCUT2D eigenvalue weighted by Gasteiger charge is -2.10. The fourth-order valence-electron chi connectivity index (χ4n) is 3.18. The maximum atomic E-state index is 6.06. The van der Waals surface area contributed by atoms with Crippen molar-refractivity contribution in [3.8, 4) is 0 Å². The van der Waals surface area contributed by atoms with E-state index in [1.165, 1.54) is 12.8 Å². The lowest BCUT2D eigenvalue weighted by atomic mass is 10.1. The summed E-state index contributed by atoms with van der Waals surface area (Å²) in [6, 6.07) is 9.87. The predicted octanol–water partition coefficient (Wildman–Crippen LogP) is 5.63. The second-order valence-corrected chi connectivity index (χ2v) is 7.44. The molecule has 0 atom stereocenters. The van der Waals surface area contributed by atoms with Crippen LogP contribution >= 0.6 is 11.6 Å². The standard InChI is InChI=1S/C22H28ClN5/c1-3-4-5-11-26-22-27-16(2)14-18(28-22)7-6-12-24-20-10-13-25-21-15-17(23)8-9-19(20)21/h8-10,13-15H,3-7,11-12H2,1-2H3,(H,24,25)(H,26,27,28). The maximum Gasteiger partial charge on any atom is 0.223 e. The number of unbranched alkanes of at least 4 members (excludes halogenated alkanes) is 2. The monoisotopic (exact) mass is 397 g/mol. The van der Waals surface area contributed by atoms with Gasteiger partial charge in [0.05, 0.1) is 5.52 Å². The van der Waals surface area contributed by atoms with Crippen LogP contribution in [0.15, 0.2) is 36.5 Å². The van der Waals surface area contributed by atoms with E-state index < -0.39 is 0 Å². The molecule has 0 saturated heterocycles. The van der Waals surface area contributed by atoms with Crippen LogP contribution in [0.2, 0.25) is 5.02 Å². The van der Waals surface area contributed by atoms with Crippen molar-refractivity contribution in [2.75, 3.05) is 23.7 Å². The van der Waals surface area contributed by atoms with Gasteiger partial charge in [0.2, 0.25) is 5.95 Å². The number of rotatable bonds is 10. The number of aromatic nitrogens is 3. The number of benzene rings is 1. The molecule has 0 saturated carbocycles. The Balaban J connectivity index is 1.53. The molecule has 2 heterocycles. The molecular weight excluding hydrogens is 370 g/mol. The van der Waals surface area contributed by atoms with Gasteiger partial charge in [0.25, 0.3) is 0 Å². The van der Waals surface area contributed by atoms with Gasteiger partial charge >= 0.3 is 0 Å². The number of hydrogen-bond donors (Lipinski definition) is 2. The average Bonchev–Trinajstić information content (AvgIpc) is 2.68. The second kappa shape index (κ2) is 10.2. The van der Waals surface area contributed by atoms with Gasteiger partial charge in [-0.05, 0) is 56.5 Å². The van der Waals surface area contributed by atoms with Crippen molar-refractivity contribution in [1.29, 1.82) is 0 Å². The Morgan fingerprint density at radius 2 is 1.82 bits per heavy atom. The summed E-state index contributed by atoms with van der Waals surface area (Å²) in [5, 5.41) is 8.65. The minimum atomic E-state index is 0.704. The molecule has 0 aliphatic carbocycles. The number of pyridine rings is 1. The molecular formula is C22H28ClN5. The topological polar surface area (TPSA) is 62.7 Å². The largest absolute Gasteiger partial charge is 0.384 e. The molecule has 148 valence electrons. The quantitative estimate of drug-likeness (QED) is 0.434. The van der Waals surface area contributed by atoms with Gasteiger partial charge in [-0.3, -0.25) is 4.98 Å². The zero-order valence-electron chi connectivity index (χ0n) is 16.6. The van der Waals surface area contributed by atoms with Crippen LogP contribution in [0.3, 0.4) is 0 Å². The van der Waals surface area contributed by atoms with Crippen molar-refractivity contribution in [1.82, 2.24) is 15.0 Å². The van der Waals surface area contributed by atoms with Crippen LogP contribution in [0.4, 0.5) is 11.6 Å². The van der Waals surface area contributed by atoms with Gasteiger partial charge < -0.3 is 10.6 Å². The summed E-state index contributed by atoms with van der Waals surface area (Å²) in [6.07, 6.45) is 7.31. The Kier molecular flexibility index (Phi) is 7.43. The van der Waals surface area contributed by atoms with Crippen LogP contribution in [0.5, 0.6) is 0 Å². The van der Waals surface area contributed by atoms with E-state index >= 15 is 0 Å². The first-order chi connectivity index (χ1) is 13.7. The summed E-state index contributed by atoms with van der Waals surface area (Å²) in [5.41, 5.74) is 4.08. The highest BCUT2D eigenvalue weighted by Crippen LogP contribution is 2.24. The Labute approximate surface area is 172 Å². The third-order valence-corrected chi connectivity index (χ3v) is 4.84. The third kappa shape index (κ3) is 5.80. The smallest absolute Gasteiger partial charge is 0.223 e. The van der Waals surface area contributed by atoms with Gasteiger partial charge in [-0.25, -0.2) is 9.97 Å². The summed E-state index contributed by atoms with van der Waals surface area (Å²) in [4.78, 5) is 13.5. The Hall–Kier alpha value is -2.40. The van der Waals surface area contributed by atoms with Crippen molar-refractivity contribution >= 4 is 34.1 Å². The van der Waals surface area contributed by atoms with E-state index in [1.54, 1.807) is 0 Å². The highest BCUT2D eigenvalue weighted by Gasteiger charge is 2.04. The zero-order chi connectivity index (χ0) is 19.8. The second-order valence-electron chi connectivity index (χ2n) is 7.01. The van der Waals surface area contributed by atoms with Crippen LogP contribution in [-0.2, 0) is 6.42 Å². The molecule has 0 fully saturated rings. The number of anilines is 2. The van der Waals surface area contributed by atoms with Gasteiger partial charge in [0.1, 0.15) is 0 Å². The fraction of sp³-hybridized carbons (Fsp3) is 0.409. The Morgan fingerprint density at radius 1 is 0.964 bits per heavy atom. The number of hydrogen-bond acceptors (Lipinski definition) is 5. The van der Waals surface area contributed by atoms with Gasteiger partial charge in [-0.15, -0.1) is 0 Å². The molecule has 1 aromatic carbocycles. The first kappa shape index (κ1) is 20.3. The van der Waals surface area contributed by atoms with E-state index in [0.717, 1.165) is 66.3 Å². The molecule has 3 aromatic rings. The summed E-state index contributed by atoms with van der Waals surface area (Å²) >= 11 is 6.06. The van der Waals surface area contributed by atoms with Crippen molar-refractivity contribution in [3.05, 3.63) is 52.9 Å². The van der Waals surface area contributed by atoms with Gasteiger partial charge in [0.15, 0.2) is 0 Å².